The van der Waals surface area contributed by atoms with E-state index in [-0.39, 0.29) is 0 Å². The van der Waals surface area contributed by atoms with E-state index in [9.17, 15) is 19.5 Å². The second-order valence-corrected chi connectivity index (χ2v) is 6.85. The third-order valence-electron chi connectivity index (χ3n) is 4.58. The minimum atomic E-state index is -1.07. The number of nitrogens with one attached hydrogen (secondary N) is 1. The van der Waals surface area contributed by atoms with Crippen molar-refractivity contribution in [3.05, 3.63) is 39.7 Å². The number of ether oxygens (including phenoxy) is 1. The number of hydrogen-bond donors (Lipinski definition) is 2. The second-order valence-electron chi connectivity index (χ2n) is 6.85. The molecule has 152 valence electrons. The van der Waals surface area contributed by atoms with Crippen LogP contribution in [0.3, 0.4) is 0 Å². The molecule has 2 atom stereocenters. The number of carbonyl (C=O) groups is 2. The van der Waals surface area contributed by atoms with Crippen molar-refractivity contribution in [2.45, 2.75) is 65.5 Å². The Morgan fingerprint density at radius 2 is 1.96 bits per heavy atom. The Morgan fingerprint density at radius 1 is 1.25 bits per heavy atom. The van der Waals surface area contributed by atoms with Crippen LogP contribution in [0.2, 0.25) is 0 Å². The van der Waals surface area contributed by atoms with Gasteiger partial charge in [0.15, 0.2) is 6.10 Å². The van der Waals surface area contributed by atoms with Crippen molar-refractivity contribution in [1.82, 2.24) is 5.32 Å². The van der Waals surface area contributed by atoms with Gasteiger partial charge in [0.05, 0.1) is 0 Å². The number of carbonyl (C=O) groups excluding carboxylic acids is 1. The van der Waals surface area contributed by atoms with Gasteiger partial charge in [0.2, 0.25) is 0 Å². The van der Waals surface area contributed by atoms with E-state index in [1.807, 2.05) is 19.9 Å². The van der Waals surface area contributed by atoms with Gasteiger partial charge in [0, 0.05) is 17.0 Å². The van der Waals surface area contributed by atoms with Gasteiger partial charge in [-0.25, -0.2) is 9.59 Å². The van der Waals surface area contributed by atoms with E-state index < -0.39 is 29.6 Å². The van der Waals surface area contributed by atoms with Crippen molar-refractivity contribution in [3.63, 3.8) is 0 Å². The number of aliphatic carboxylic acids is 1. The first-order valence-electron chi connectivity index (χ1n) is 9.54. The predicted molar refractivity (Wildman–Crippen MR) is 106 cm³/mol. The van der Waals surface area contributed by atoms with Crippen LogP contribution in [0.25, 0.3) is 11.0 Å². The molecule has 1 aromatic heterocycles. The van der Waals surface area contributed by atoms with E-state index in [1.165, 1.54) is 6.07 Å². The lowest BCUT2D eigenvalue weighted by molar-refractivity contribution is -0.143. The van der Waals surface area contributed by atoms with Crippen molar-refractivity contribution < 1.29 is 23.8 Å². The molecular formula is C21H27NO6. The summed E-state index contributed by atoms with van der Waals surface area (Å²) in [5, 5.41) is 12.5. The van der Waals surface area contributed by atoms with Gasteiger partial charge in [-0.15, -0.1) is 0 Å². The van der Waals surface area contributed by atoms with E-state index in [2.05, 4.69) is 5.32 Å². The summed E-state index contributed by atoms with van der Waals surface area (Å²) in [6, 6.07) is 4.10. The minimum Gasteiger partial charge on any atom is -0.480 e. The smallest absolute Gasteiger partial charge is 0.336 e. The molecule has 7 nitrogen and oxygen atoms in total. The molecule has 0 spiro atoms. The van der Waals surface area contributed by atoms with Crippen LogP contribution in [0.5, 0.6) is 5.75 Å². The molecule has 2 aromatic rings. The van der Waals surface area contributed by atoms with Crippen molar-refractivity contribution in [3.8, 4) is 5.75 Å². The maximum absolute atomic E-state index is 12.3. The van der Waals surface area contributed by atoms with Gasteiger partial charge in [-0.1, -0.05) is 26.7 Å². The van der Waals surface area contributed by atoms with Gasteiger partial charge < -0.3 is 19.6 Å². The highest BCUT2D eigenvalue weighted by molar-refractivity contribution is 5.87. The molecule has 0 saturated heterocycles. The summed E-state index contributed by atoms with van der Waals surface area (Å²) in [6.07, 6.45) is 1.73. The Hall–Kier alpha value is -2.83. The molecule has 1 amide bonds. The summed E-state index contributed by atoms with van der Waals surface area (Å²) in [6.45, 7) is 7.20. The van der Waals surface area contributed by atoms with E-state index in [0.717, 1.165) is 23.8 Å². The molecule has 2 rings (SSSR count). The van der Waals surface area contributed by atoms with E-state index in [0.29, 0.717) is 29.7 Å². The summed E-state index contributed by atoms with van der Waals surface area (Å²) in [5.74, 6) is -1.18. The van der Waals surface area contributed by atoms with Crippen LogP contribution in [0, 0.1) is 6.92 Å². The van der Waals surface area contributed by atoms with Crippen LogP contribution in [0.1, 0.15) is 51.2 Å². The van der Waals surface area contributed by atoms with Crippen LogP contribution in [-0.4, -0.2) is 29.1 Å². The van der Waals surface area contributed by atoms with E-state index in [1.54, 1.807) is 19.9 Å². The number of carboxylic acids is 1. The number of aryl methyl sites for hydroxylation is 2. The third-order valence-corrected chi connectivity index (χ3v) is 4.58. The third kappa shape index (κ3) is 4.91. The minimum absolute atomic E-state index is 0.341. The van der Waals surface area contributed by atoms with E-state index >= 15 is 0 Å². The fraction of sp³-hybridized carbons (Fsp3) is 0.476. The normalized spacial score (nSPS) is 13.1. The fourth-order valence-corrected chi connectivity index (χ4v) is 3.09. The lowest BCUT2D eigenvalue weighted by Gasteiger charge is -2.20. The number of amides is 1. The maximum atomic E-state index is 12.3. The van der Waals surface area contributed by atoms with Crippen LogP contribution in [0.15, 0.2) is 27.4 Å². The second kappa shape index (κ2) is 9.39. The van der Waals surface area contributed by atoms with Gasteiger partial charge >= 0.3 is 11.6 Å². The average Bonchev–Trinajstić information content (AvgIpc) is 2.64. The van der Waals surface area contributed by atoms with Crippen LogP contribution >= 0.6 is 0 Å². The molecule has 0 fully saturated rings. The molecular weight excluding hydrogens is 362 g/mol. The number of hydrogen-bond acceptors (Lipinski definition) is 5. The summed E-state index contributed by atoms with van der Waals surface area (Å²) in [5.41, 5.74) is 1.55. The predicted octanol–water partition coefficient (Wildman–Crippen LogP) is 3.19. The first-order valence-corrected chi connectivity index (χ1v) is 9.54. The Morgan fingerprint density at radius 3 is 2.57 bits per heavy atom. The van der Waals surface area contributed by atoms with Gasteiger partial charge in [-0.05, 0) is 44.4 Å². The average molecular weight is 389 g/mol. The molecule has 0 aliphatic carbocycles. The first kappa shape index (κ1) is 21.5. The zero-order valence-electron chi connectivity index (χ0n) is 16.7. The molecule has 1 aromatic carbocycles. The highest BCUT2D eigenvalue weighted by Crippen LogP contribution is 2.29. The zero-order chi connectivity index (χ0) is 20.8. The monoisotopic (exact) mass is 389 g/mol. The Labute approximate surface area is 163 Å². The fourth-order valence-electron chi connectivity index (χ4n) is 3.09. The number of benzene rings is 1. The molecule has 0 saturated carbocycles. The molecule has 2 N–H and O–H groups in total. The first-order chi connectivity index (χ1) is 13.3. The molecule has 28 heavy (non-hydrogen) atoms. The maximum Gasteiger partial charge on any atom is 0.336 e. The summed E-state index contributed by atoms with van der Waals surface area (Å²) in [7, 11) is 0. The number of rotatable bonds is 9. The summed E-state index contributed by atoms with van der Waals surface area (Å²) in [4.78, 5) is 35.5. The van der Waals surface area contributed by atoms with Crippen molar-refractivity contribution in [2.24, 2.45) is 0 Å². The zero-order valence-corrected chi connectivity index (χ0v) is 16.7. The number of carboxylic acid groups (broad SMARTS) is 1. The SMILES string of the molecule is CCCc1cc(=O)oc2c(C)c(O[C@@H](C)C(=O)N[C@H](CCC)C(=O)O)ccc12. The quantitative estimate of drug-likeness (QED) is 0.638. The number of fused-ring (bicyclic) bond motifs is 1. The lowest BCUT2D eigenvalue weighted by atomic mass is 10.0. The van der Waals surface area contributed by atoms with Gasteiger partial charge in [-0.3, -0.25) is 4.79 Å². The van der Waals surface area contributed by atoms with Crippen LogP contribution < -0.4 is 15.7 Å². The Balaban J connectivity index is 2.26. The highest BCUT2D eigenvalue weighted by Gasteiger charge is 2.24. The largest absolute Gasteiger partial charge is 0.480 e. The molecule has 7 heteroatoms. The van der Waals surface area contributed by atoms with Crippen LogP contribution in [0.4, 0.5) is 0 Å². The topological polar surface area (TPSA) is 106 Å². The molecule has 0 bridgehead atoms. The van der Waals surface area contributed by atoms with Gasteiger partial charge in [-0.2, -0.15) is 0 Å². The van der Waals surface area contributed by atoms with Crippen molar-refractivity contribution in [1.29, 1.82) is 0 Å². The molecule has 0 aliphatic rings. The van der Waals surface area contributed by atoms with Gasteiger partial charge in [0.25, 0.3) is 5.91 Å². The summed E-state index contributed by atoms with van der Waals surface area (Å²) >= 11 is 0. The summed E-state index contributed by atoms with van der Waals surface area (Å²) < 4.78 is 11.1. The van der Waals surface area contributed by atoms with Crippen molar-refractivity contribution >= 4 is 22.8 Å². The van der Waals surface area contributed by atoms with Gasteiger partial charge in [0.1, 0.15) is 17.4 Å². The van der Waals surface area contributed by atoms with E-state index in [4.69, 9.17) is 9.15 Å². The lowest BCUT2D eigenvalue weighted by Crippen LogP contribution is -2.46. The Bertz CT molecular complexity index is 917. The standard InChI is InChI=1S/C21H27NO6/c1-5-7-14-11-18(23)28-19-12(3)17(10-9-15(14)19)27-13(4)20(24)22-16(8-6-2)21(25)26/h9-11,13,16H,5-8H2,1-4H3,(H,22,24)(H,25,26)/t13-,16+/m0/s1. The molecule has 1 heterocycles. The van der Waals surface area contributed by atoms with Crippen LogP contribution in [-0.2, 0) is 16.0 Å². The molecule has 0 unspecified atom stereocenters. The molecule has 0 aliphatic heterocycles. The highest BCUT2D eigenvalue weighted by atomic mass is 16.5. The molecule has 0 radical (unpaired) electrons. The Kier molecular flexibility index (Phi) is 7.20. The van der Waals surface area contributed by atoms with Crippen molar-refractivity contribution in [2.75, 3.05) is 0 Å².